The summed E-state index contributed by atoms with van der Waals surface area (Å²) in [6.07, 6.45) is 1.74. The molecular weight excluding hydrogens is 308 g/mol. The topological polar surface area (TPSA) is 49.4 Å². The summed E-state index contributed by atoms with van der Waals surface area (Å²) in [6, 6.07) is 17.1. The van der Waals surface area contributed by atoms with E-state index in [1.165, 1.54) is 5.69 Å². The lowest BCUT2D eigenvalue weighted by Gasteiger charge is -2.19. The lowest BCUT2D eigenvalue weighted by Crippen LogP contribution is -2.26. The molecule has 0 heterocycles. The molecule has 0 unspecified atom stereocenters. The van der Waals surface area contributed by atoms with E-state index in [2.05, 4.69) is 21.8 Å². The predicted molar refractivity (Wildman–Crippen MR) is 95.3 cm³/mol. The summed E-state index contributed by atoms with van der Waals surface area (Å²) in [5, 5.41) is 0. The SMILES string of the molecule is Cc1ccc(S(=O)(=O)NCCCCN(C)c2ccccc2)cc1. The minimum Gasteiger partial charge on any atom is -0.375 e. The van der Waals surface area contributed by atoms with Gasteiger partial charge in [0, 0.05) is 25.8 Å². The van der Waals surface area contributed by atoms with Gasteiger partial charge in [-0.1, -0.05) is 35.9 Å². The smallest absolute Gasteiger partial charge is 0.240 e. The minimum atomic E-state index is -3.39. The van der Waals surface area contributed by atoms with Crippen LogP contribution >= 0.6 is 0 Å². The van der Waals surface area contributed by atoms with Gasteiger partial charge in [-0.25, -0.2) is 13.1 Å². The van der Waals surface area contributed by atoms with E-state index in [4.69, 9.17) is 0 Å². The average Bonchev–Trinajstić information content (AvgIpc) is 2.55. The number of unbranched alkanes of at least 4 members (excludes halogenated alkanes) is 1. The van der Waals surface area contributed by atoms with Crippen molar-refractivity contribution in [3.05, 3.63) is 60.2 Å². The van der Waals surface area contributed by atoms with E-state index in [1.807, 2.05) is 44.3 Å². The zero-order chi connectivity index (χ0) is 16.7. The standard InChI is InChI=1S/C18H24N2O2S/c1-16-10-12-18(13-11-16)23(21,22)19-14-6-7-15-20(2)17-8-4-3-5-9-17/h3-5,8-13,19H,6-7,14-15H2,1-2H3. The third-order valence-corrected chi connectivity index (χ3v) is 5.22. The molecule has 124 valence electrons. The molecule has 1 N–H and O–H groups in total. The van der Waals surface area contributed by atoms with E-state index in [9.17, 15) is 8.42 Å². The molecule has 0 aromatic heterocycles. The quantitative estimate of drug-likeness (QED) is 0.755. The normalized spacial score (nSPS) is 11.4. The Balaban J connectivity index is 1.74. The molecule has 0 aliphatic carbocycles. The van der Waals surface area contributed by atoms with Crippen LogP contribution in [-0.2, 0) is 10.0 Å². The molecule has 0 radical (unpaired) electrons. The average molecular weight is 332 g/mol. The third kappa shape index (κ3) is 5.37. The van der Waals surface area contributed by atoms with Crippen molar-refractivity contribution < 1.29 is 8.42 Å². The van der Waals surface area contributed by atoms with Crippen molar-refractivity contribution >= 4 is 15.7 Å². The van der Waals surface area contributed by atoms with Gasteiger partial charge in [0.15, 0.2) is 0 Å². The van der Waals surface area contributed by atoms with Gasteiger partial charge in [-0.05, 0) is 44.0 Å². The highest BCUT2D eigenvalue weighted by molar-refractivity contribution is 7.89. The van der Waals surface area contributed by atoms with Crippen LogP contribution in [0.3, 0.4) is 0 Å². The highest BCUT2D eigenvalue weighted by Crippen LogP contribution is 2.12. The van der Waals surface area contributed by atoms with E-state index in [-0.39, 0.29) is 0 Å². The van der Waals surface area contributed by atoms with E-state index >= 15 is 0 Å². The largest absolute Gasteiger partial charge is 0.375 e. The van der Waals surface area contributed by atoms with Crippen LogP contribution in [0.4, 0.5) is 5.69 Å². The molecule has 0 saturated heterocycles. The Hall–Kier alpha value is -1.85. The Kier molecular flexibility index (Phi) is 6.19. The Morgan fingerprint density at radius 1 is 0.957 bits per heavy atom. The number of nitrogens with zero attached hydrogens (tertiary/aromatic N) is 1. The molecule has 0 fully saturated rings. The first-order valence-electron chi connectivity index (χ1n) is 7.81. The van der Waals surface area contributed by atoms with Gasteiger partial charge in [0.05, 0.1) is 4.90 Å². The number of anilines is 1. The molecule has 2 rings (SSSR count). The zero-order valence-corrected chi connectivity index (χ0v) is 14.5. The van der Waals surface area contributed by atoms with Crippen LogP contribution in [0.25, 0.3) is 0 Å². The van der Waals surface area contributed by atoms with Crippen LogP contribution in [-0.4, -0.2) is 28.6 Å². The fourth-order valence-electron chi connectivity index (χ4n) is 2.29. The Morgan fingerprint density at radius 2 is 1.61 bits per heavy atom. The second-order valence-electron chi connectivity index (χ2n) is 5.68. The zero-order valence-electron chi connectivity index (χ0n) is 13.7. The van der Waals surface area contributed by atoms with Crippen LogP contribution in [0, 0.1) is 6.92 Å². The summed E-state index contributed by atoms with van der Waals surface area (Å²) < 4.78 is 26.9. The summed E-state index contributed by atoms with van der Waals surface area (Å²) in [6.45, 7) is 3.29. The molecule has 2 aromatic carbocycles. The first-order chi connectivity index (χ1) is 11.0. The van der Waals surface area contributed by atoms with Crippen molar-refractivity contribution in [3.63, 3.8) is 0 Å². The highest BCUT2D eigenvalue weighted by atomic mass is 32.2. The Morgan fingerprint density at radius 3 is 2.26 bits per heavy atom. The molecule has 0 amide bonds. The van der Waals surface area contributed by atoms with Gasteiger partial charge in [0.25, 0.3) is 0 Å². The fraction of sp³-hybridized carbons (Fsp3) is 0.333. The lowest BCUT2D eigenvalue weighted by molar-refractivity contribution is 0.576. The first kappa shape index (κ1) is 17.5. The molecule has 0 aliphatic heterocycles. The van der Waals surface area contributed by atoms with Crippen LogP contribution in [0.15, 0.2) is 59.5 Å². The molecule has 23 heavy (non-hydrogen) atoms. The second-order valence-corrected chi connectivity index (χ2v) is 7.44. The van der Waals surface area contributed by atoms with Gasteiger partial charge in [-0.3, -0.25) is 0 Å². The maximum absolute atomic E-state index is 12.1. The van der Waals surface area contributed by atoms with E-state index in [0.29, 0.717) is 11.4 Å². The number of hydrogen-bond acceptors (Lipinski definition) is 3. The number of aryl methyl sites for hydroxylation is 1. The van der Waals surface area contributed by atoms with Gasteiger partial charge >= 0.3 is 0 Å². The van der Waals surface area contributed by atoms with Gasteiger partial charge in [-0.2, -0.15) is 0 Å². The van der Waals surface area contributed by atoms with E-state index in [0.717, 1.165) is 24.9 Å². The van der Waals surface area contributed by atoms with E-state index in [1.54, 1.807) is 12.1 Å². The predicted octanol–water partition coefficient (Wildman–Crippen LogP) is 3.19. The summed E-state index contributed by atoms with van der Waals surface area (Å²) in [7, 11) is -1.35. The number of para-hydroxylation sites is 1. The van der Waals surface area contributed by atoms with Crippen molar-refractivity contribution in [2.24, 2.45) is 0 Å². The van der Waals surface area contributed by atoms with Crippen molar-refractivity contribution in [1.82, 2.24) is 4.72 Å². The van der Waals surface area contributed by atoms with Crippen molar-refractivity contribution in [3.8, 4) is 0 Å². The summed E-state index contributed by atoms with van der Waals surface area (Å²) in [5.41, 5.74) is 2.22. The fourth-order valence-corrected chi connectivity index (χ4v) is 3.37. The molecule has 2 aromatic rings. The van der Waals surface area contributed by atoms with Crippen LogP contribution in [0.5, 0.6) is 0 Å². The molecule has 0 spiro atoms. The maximum atomic E-state index is 12.1. The van der Waals surface area contributed by atoms with Gasteiger partial charge in [0.2, 0.25) is 10.0 Å². The number of hydrogen-bond donors (Lipinski definition) is 1. The third-order valence-electron chi connectivity index (χ3n) is 3.74. The van der Waals surface area contributed by atoms with Crippen molar-refractivity contribution in [1.29, 1.82) is 0 Å². The Labute approximate surface area is 139 Å². The molecule has 5 heteroatoms. The maximum Gasteiger partial charge on any atom is 0.240 e. The molecule has 0 atom stereocenters. The monoisotopic (exact) mass is 332 g/mol. The highest BCUT2D eigenvalue weighted by Gasteiger charge is 2.12. The number of nitrogens with one attached hydrogen (secondary N) is 1. The summed E-state index contributed by atoms with van der Waals surface area (Å²) in [4.78, 5) is 2.50. The molecule has 0 bridgehead atoms. The van der Waals surface area contributed by atoms with Gasteiger partial charge < -0.3 is 4.90 Å². The van der Waals surface area contributed by atoms with Crippen LogP contribution in [0.1, 0.15) is 18.4 Å². The van der Waals surface area contributed by atoms with Crippen molar-refractivity contribution in [2.45, 2.75) is 24.7 Å². The van der Waals surface area contributed by atoms with Gasteiger partial charge in [0.1, 0.15) is 0 Å². The lowest BCUT2D eigenvalue weighted by atomic mass is 10.2. The summed E-state index contributed by atoms with van der Waals surface area (Å²) >= 11 is 0. The summed E-state index contributed by atoms with van der Waals surface area (Å²) in [5.74, 6) is 0. The van der Waals surface area contributed by atoms with Gasteiger partial charge in [-0.15, -0.1) is 0 Å². The first-order valence-corrected chi connectivity index (χ1v) is 9.30. The molecule has 4 nitrogen and oxygen atoms in total. The minimum absolute atomic E-state index is 0.324. The van der Waals surface area contributed by atoms with E-state index < -0.39 is 10.0 Å². The number of sulfonamides is 1. The molecule has 0 saturated carbocycles. The molecule has 0 aliphatic rings. The van der Waals surface area contributed by atoms with Crippen LogP contribution < -0.4 is 9.62 Å². The van der Waals surface area contributed by atoms with Crippen molar-refractivity contribution in [2.75, 3.05) is 25.0 Å². The van der Waals surface area contributed by atoms with Crippen LogP contribution in [0.2, 0.25) is 0 Å². The number of benzene rings is 2. The second kappa shape index (κ2) is 8.13. The molecular formula is C18H24N2O2S. The number of rotatable bonds is 8. The Bertz CT molecular complexity index is 698.